The Morgan fingerprint density at radius 1 is 1.14 bits per heavy atom. The Hall–Kier alpha value is -2.29. The highest BCUT2D eigenvalue weighted by atomic mass is 16.5. The summed E-state index contributed by atoms with van der Waals surface area (Å²) in [6, 6.07) is 15.8. The van der Waals surface area contributed by atoms with Gasteiger partial charge in [0.15, 0.2) is 0 Å². The SMILES string of the molecule is COc1ccc(C(C)(C)C(=O)NCc2cccc(C)c2)cc1. The average Bonchev–Trinajstić information content (AvgIpc) is 2.52. The van der Waals surface area contributed by atoms with Crippen molar-refractivity contribution in [1.82, 2.24) is 5.32 Å². The molecule has 0 saturated carbocycles. The van der Waals surface area contributed by atoms with Crippen molar-refractivity contribution in [2.24, 2.45) is 0 Å². The molecule has 0 unspecified atom stereocenters. The van der Waals surface area contributed by atoms with Crippen molar-refractivity contribution in [3.05, 3.63) is 65.2 Å². The molecule has 3 heteroatoms. The summed E-state index contributed by atoms with van der Waals surface area (Å²) in [6.45, 7) is 6.45. The number of ether oxygens (including phenoxy) is 1. The van der Waals surface area contributed by atoms with Gasteiger partial charge in [0, 0.05) is 6.54 Å². The van der Waals surface area contributed by atoms with Crippen LogP contribution in [0.3, 0.4) is 0 Å². The zero-order valence-electron chi connectivity index (χ0n) is 13.6. The number of methoxy groups -OCH3 is 1. The van der Waals surface area contributed by atoms with Gasteiger partial charge in [-0.1, -0.05) is 42.0 Å². The van der Waals surface area contributed by atoms with Crippen LogP contribution in [-0.4, -0.2) is 13.0 Å². The summed E-state index contributed by atoms with van der Waals surface area (Å²) in [6.07, 6.45) is 0. The molecule has 2 rings (SSSR count). The van der Waals surface area contributed by atoms with Crippen LogP contribution in [0.1, 0.15) is 30.5 Å². The van der Waals surface area contributed by atoms with Crippen LogP contribution in [0.2, 0.25) is 0 Å². The molecule has 0 bridgehead atoms. The largest absolute Gasteiger partial charge is 0.497 e. The van der Waals surface area contributed by atoms with Crippen LogP contribution in [-0.2, 0) is 16.8 Å². The van der Waals surface area contributed by atoms with Crippen molar-refractivity contribution in [2.45, 2.75) is 32.7 Å². The summed E-state index contributed by atoms with van der Waals surface area (Å²) in [5, 5.41) is 3.02. The molecule has 22 heavy (non-hydrogen) atoms. The van der Waals surface area contributed by atoms with E-state index in [4.69, 9.17) is 4.74 Å². The second-order valence-corrected chi connectivity index (χ2v) is 6.03. The van der Waals surface area contributed by atoms with Crippen molar-refractivity contribution in [2.75, 3.05) is 7.11 Å². The van der Waals surface area contributed by atoms with Gasteiger partial charge >= 0.3 is 0 Å². The summed E-state index contributed by atoms with van der Waals surface area (Å²) in [4.78, 5) is 12.5. The second-order valence-electron chi connectivity index (χ2n) is 6.03. The van der Waals surface area contributed by atoms with Gasteiger partial charge in [0.05, 0.1) is 12.5 Å². The van der Waals surface area contributed by atoms with E-state index in [1.54, 1.807) is 7.11 Å². The van der Waals surface area contributed by atoms with E-state index >= 15 is 0 Å². The highest BCUT2D eigenvalue weighted by Crippen LogP contribution is 2.25. The molecule has 0 aliphatic carbocycles. The van der Waals surface area contributed by atoms with Gasteiger partial charge in [0.2, 0.25) is 5.91 Å². The Balaban J connectivity index is 2.06. The number of carbonyl (C=O) groups is 1. The minimum absolute atomic E-state index is 0.0131. The number of amides is 1. The van der Waals surface area contributed by atoms with Gasteiger partial charge in [-0.15, -0.1) is 0 Å². The lowest BCUT2D eigenvalue weighted by molar-refractivity contribution is -0.125. The van der Waals surface area contributed by atoms with Gasteiger partial charge in [-0.2, -0.15) is 0 Å². The van der Waals surface area contributed by atoms with Crippen LogP contribution < -0.4 is 10.1 Å². The molecule has 3 nitrogen and oxygen atoms in total. The van der Waals surface area contributed by atoms with Gasteiger partial charge in [-0.25, -0.2) is 0 Å². The van der Waals surface area contributed by atoms with Crippen LogP contribution in [0, 0.1) is 6.92 Å². The van der Waals surface area contributed by atoms with Crippen molar-refractivity contribution >= 4 is 5.91 Å². The summed E-state index contributed by atoms with van der Waals surface area (Å²) >= 11 is 0. The van der Waals surface area contributed by atoms with Crippen LogP contribution in [0.15, 0.2) is 48.5 Å². The minimum Gasteiger partial charge on any atom is -0.497 e. The molecule has 0 fully saturated rings. The molecular weight excluding hydrogens is 274 g/mol. The lowest BCUT2D eigenvalue weighted by Crippen LogP contribution is -2.39. The molecule has 2 aromatic carbocycles. The van der Waals surface area contributed by atoms with Crippen LogP contribution >= 0.6 is 0 Å². The van der Waals surface area contributed by atoms with Crippen LogP contribution in [0.5, 0.6) is 5.75 Å². The summed E-state index contributed by atoms with van der Waals surface area (Å²) < 4.78 is 5.16. The highest BCUT2D eigenvalue weighted by Gasteiger charge is 2.29. The number of rotatable bonds is 5. The maximum atomic E-state index is 12.5. The molecule has 1 N–H and O–H groups in total. The van der Waals surface area contributed by atoms with Gasteiger partial charge in [0.25, 0.3) is 0 Å². The predicted octanol–water partition coefficient (Wildman–Crippen LogP) is 3.60. The van der Waals surface area contributed by atoms with Crippen molar-refractivity contribution in [3.63, 3.8) is 0 Å². The molecule has 0 aliphatic rings. The molecule has 1 amide bonds. The maximum absolute atomic E-state index is 12.5. The zero-order chi connectivity index (χ0) is 16.2. The third-order valence-corrected chi connectivity index (χ3v) is 3.91. The maximum Gasteiger partial charge on any atom is 0.230 e. The Morgan fingerprint density at radius 3 is 2.41 bits per heavy atom. The van der Waals surface area contributed by atoms with Crippen molar-refractivity contribution in [3.8, 4) is 5.75 Å². The van der Waals surface area contributed by atoms with Crippen LogP contribution in [0.25, 0.3) is 0 Å². The first-order chi connectivity index (χ1) is 10.4. The van der Waals surface area contributed by atoms with E-state index in [-0.39, 0.29) is 5.91 Å². The summed E-state index contributed by atoms with van der Waals surface area (Å²) in [7, 11) is 1.63. The Kier molecular flexibility index (Phi) is 4.86. The molecule has 0 atom stereocenters. The molecule has 2 aromatic rings. The molecule has 0 aliphatic heterocycles. The number of nitrogens with one attached hydrogen (secondary N) is 1. The number of carbonyl (C=O) groups excluding carboxylic acids is 1. The molecule has 0 heterocycles. The number of benzene rings is 2. The Morgan fingerprint density at radius 2 is 1.82 bits per heavy atom. The van der Waals surface area contributed by atoms with E-state index in [0.29, 0.717) is 6.54 Å². The number of hydrogen-bond donors (Lipinski definition) is 1. The van der Waals surface area contributed by atoms with E-state index in [0.717, 1.165) is 16.9 Å². The molecular formula is C19H23NO2. The molecule has 0 saturated heterocycles. The summed E-state index contributed by atoms with van der Waals surface area (Å²) in [5.41, 5.74) is 2.69. The third-order valence-electron chi connectivity index (χ3n) is 3.91. The fourth-order valence-electron chi connectivity index (χ4n) is 2.36. The van der Waals surface area contributed by atoms with E-state index in [9.17, 15) is 4.79 Å². The average molecular weight is 297 g/mol. The molecule has 0 radical (unpaired) electrons. The molecule has 0 aromatic heterocycles. The fraction of sp³-hybridized carbons (Fsp3) is 0.316. The van der Waals surface area contributed by atoms with E-state index < -0.39 is 5.41 Å². The summed E-state index contributed by atoms with van der Waals surface area (Å²) in [5.74, 6) is 0.805. The van der Waals surface area contributed by atoms with Gasteiger partial charge in [0.1, 0.15) is 5.75 Å². The predicted molar refractivity (Wildman–Crippen MR) is 89.0 cm³/mol. The zero-order valence-corrected chi connectivity index (χ0v) is 13.6. The Labute approximate surface area is 132 Å². The first-order valence-corrected chi connectivity index (χ1v) is 7.42. The third kappa shape index (κ3) is 3.67. The first kappa shape index (κ1) is 16.1. The Bertz CT molecular complexity index is 645. The first-order valence-electron chi connectivity index (χ1n) is 7.42. The van der Waals surface area contributed by atoms with Crippen molar-refractivity contribution < 1.29 is 9.53 Å². The van der Waals surface area contributed by atoms with Crippen LogP contribution in [0.4, 0.5) is 0 Å². The van der Waals surface area contributed by atoms with Gasteiger partial charge < -0.3 is 10.1 Å². The van der Waals surface area contributed by atoms with Crippen molar-refractivity contribution in [1.29, 1.82) is 0 Å². The van der Waals surface area contributed by atoms with Gasteiger partial charge in [-0.05, 0) is 44.0 Å². The minimum atomic E-state index is -0.587. The lowest BCUT2D eigenvalue weighted by atomic mass is 9.83. The molecule has 0 spiro atoms. The van der Waals surface area contributed by atoms with Gasteiger partial charge in [-0.3, -0.25) is 4.79 Å². The normalized spacial score (nSPS) is 11.1. The number of hydrogen-bond acceptors (Lipinski definition) is 2. The smallest absolute Gasteiger partial charge is 0.230 e. The highest BCUT2D eigenvalue weighted by molar-refractivity contribution is 5.87. The lowest BCUT2D eigenvalue weighted by Gasteiger charge is -2.24. The van der Waals surface area contributed by atoms with E-state index in [1.165, 1.54) is 5.56 Å². The fourth-order valence-corrected chi connectivity index (χ4v) is 2.36. The topological polar surface area (TPSA) is 38.3 Å². The monoisotopic (exact) mass is 297 g/mol. The number of aryl methyl sites for hydroxylation is 1. The quantitative estimate of drug-likeness (QED) is 0.915. The molecule has 116 valence electrons. The van der Waals surface area contributed by atoms with E-state index in [1.807, 2.05) is 63.2 Å². The van der Waals surface area contributed by atoms with E-state index in [2.05, 4.69) is 11.4 Å². The second kappa shape index (κ2) is 6.65. The standard InChI is InChI=1S/C19H23NO2/c1-14-6-5-7-15(12-14)13-20-18(21)19(2,3)16-8-10-17(22-4)11-9-16/h5-12H,13H2,1-4H3,(H,20,21).